The van der Waals surface area contributed by atoms with Crippen LogP contribution in [-0.2, 0) is 0 Å². The van der Waals surface area contributed by atoms with Gasteiger partial charge in [0.05, 0.1) is 15.5 Å². The third-order valence-electron chi connectivity index (χ3n) is 6.38. The molecule has 1 aromatic carbocycles. The molecular formula is C26H45N5O4. The number of nitroso groups, excluding NO2 is 2. The number of para-hydroxylation sites is 1. The van der Waals surface area contributed by atoms with Crippen LogP contribution in [0, 0.1) is 19.9 Å². The van der Waals surface area contributed by atoms with E-state index >= 15 is 0 Å². The molecule has 0 aliphatic heterocycles. The monoisotopic (exact) mass is 491 g/mol. The number of nitro groups is 1. The van der Waals surface area contributed by atoms with E-state index in [1.807, 2.05) is 0 Å². The van der Waals surface area contributed by atoms with Gasteiger partial charge in [-0.05, 0) is 25.0 Å². The molecule has 0 bridgehead atoms. The summed E-state index contributed by atoms with van der Waals surface area (Å²) in [5.41, 5.74) is -0.0872. The van der Waals surface area contributed by atoms with E-state index in [2.05, 4.69) is 24.4 Å². The Morgan fingerprint density at radius 1 is 0.657 bits per heavy atom. The molecule has 1 aromatic rings. The number of unbranched alkanes of at least 4 members (excludes halogenated alkanes) is 14. The molecule has 0 saturated carbocycles. The Morgan fingerprint density at radius 3 is 1.31 bits per heavy atom. The summed E-state index contributed by atoms with van der Waals surface area (Å²) in [5.74, 6) is 0. The van der Waals surface area contributed by atoms with Crippen LogP contribution in [0.15, 0.2) is 28.8 Å². The third-order valence-corrected chi connectivity index (χ3v) is 6.38. The van der Waals surface area contributed by atoms with Crippen molar-refractivity contribution in [2.45, 2.75) is 117 Å². The second kappa shape index (κ2) is 19.7. The first-order chi connectivity index (χ1) is 17.1. The first-order valence-corrected chi connectivity index (χ1v) is 13.6. The minimum Gasteiger partial charge on any atom is -0.258 e. The van der Waals surface area contributed by atoms with E-state index in [0.717, 1.165) is 61.4 Å². The van der Waals surface area contributed by atoms with Crippen molar-refractivity contribution < 1.29 is 4.92 Å². The molecule has 0 unspecified atom stereocenters. The van der Waals surface area contributed by atoms with Gasteiger partial charge < -0.3 is 0 Å². The lowest BCUT2D eigenvalue weighted by molar-refractivity contribution is -0.383. The number of rotatable bonds is 23. The molecule has 198 valence electrons. The van der Waals surface area contributed by atoms with Gasteiger partial charge in [-0.3, -0.25) is 10.1 Å². The third kappa shape index (κ3) is 12.1. The fraction of sp³-hybridized carbons (Fsp3) is 0.769. The Hall–Kier alpha value is -2.58. The molecule has 0 amide bonds. The summed E-state index contributed by atoms with van der Waals surface area (Å²) >= 11 is 0. The van der Waals surface area contributed by atoms with E-state index in [4.69, 9.17) is 0 Å². The van der Waals surface area contributed by atoms with Crippen molar-refractivity contribution >= 4 is 17.1 Å². The minimum atomic E-state index is -0.553. The van der Waals surface area contributed by atoms with Gasteiger partial charge in [-0.1, -0.05) is 110 Å². The van der Waals surface area contributed by atoms with Crippen LogP contribution in [0.3, 0.4) is 0 Å². The first kappa shape index (κ1) is 30.5. The summed E-state index contributed by atoms with van der Waals surface area (Å²) < 4.78 is 0. The number of benzene rings is 1. The zero-order valence-electron chi connectivity index (χ0n) is 21.8. The lowest BCUT2D eigenvalue weighted by Crippen LogP contribution is -2.22. The van der Waals surface area contributed by atoms with Crippen molar-refractivity contribution in [2.24, 2.45) is 10.6 Å². The topological polar surface area (TPSA) is 108 Å². The molecule has 0 aliphatic carbocycles. The molecule has 35 heavy (non-hydrogen) atoms. The maximum Gasteiger partial charge on any atom is 0.319 e. The average molecular weight is 492 g/mol. The molecule has 0 aromatic heterocycles. The molecule has 0 saturated heterocycles. The van der Waals surface area contributed by atoms with Crippen molar-refractivity contribution in [2.75, 3.05) is 23.1 Å². The molecule has 0 atom stereocenters. The van der Waals surface area contributed by atoms with Crippen LogP contribution in [0.2, 0.25) is 0 Å². The van der Waals surface area contributed by atoms with Gasteiger partial charge in [0, 0.05) is 13.1 Å². The van der Waals surface area contributed by atoms with Gasteiger partial charge in [0.1, 0.15) is 11.4 Å². The SMILES string of the molecule is CCCCCCCCCCN(N=O)c1cccc(N(CCCCCCCCCC)N=O)c1[N+](=O)[O-]. The van der Waals surface area contributed by atoms with Crippen LogP contribution in [-0.4, -0.2) is 18.0 Å². The largest absolute Gasteiger partial charge is 0.319 e. The summed E-state index contributed by atoms with van der Waals surface area (Å²) in [6.07, 6.45) is 17.6. The Balaban J connectivity index is 2.70. The van der Waals surface area contributed by atoms with Crippen LogP contribution >= 0.6 is 0 Å². The fourth-order valence-electron chi connectivity index (χ4n) is 4.32. The van der Waals surface area contributed by atoms with Crippen LogP contribution in [0.5, 0.6) is 0 Å². The molecule has 0 fully saturated rings. The highest BCUT2D eigenvalue weighted by Crippen LogP contribution is 2.38. The fourth-order valence-corrected chi connectivity index (χ4v) is 4.32. The second-order valence-electron chi connectivity index (χ2n) is 9.26. The molecule has 0 N–H and O–H groups in total. The Bertz CT molecular complexity index is 681. The number of hydrogen-bond donors (Lipinski definition) is 0. The van der Waals surface area contributed by atoms with E-state index in [9.17, 15) is 19.9 Å². The van der Waals surface area contributed by atoms with E-state index in [-0.39, 0.29) is 17.1 Å². The predicted octanol–water partition coefficient (Wildman–Crippen LogP) is 8.85. The smallest absolute Gasteiger partial charge is 0.258 e. The van der Waals surface area contributed by atoms with Gasteiger partial charge in [0.25, 0.3) is 0 Å². The molecule has 0 radical (unpaired) electrons. The van der Waals surface area contributed by atoms with E-state index in [1.54, 1.807) is 6.07 Å². The highest BCUT2D eigenvalue weighted by atomic mass is 16.6. The second-order valence-corrected chi connectivity index (χ2v) is 9.26. The van der Waals surface area contributed by atoms with Crippen molar-refractivity contribution in [1.82, 2.24) is 0 Å². The Kier molecular flexibility index (Phi) is 17.1. The van der Waals surface area contributed by atoms with Gasteiger partial charge in [-0.15, -0.1) is 9.81 Å². The summed E-state index contributed by atoms with van der Waals surface area (Å²) in [4.78, 5) is 34.5. The molecule has 0 spiro atoms. The number of nitro benzene ring substituents is 1. The standard InChI is InChI=1S/C26H45N5O4/c1-3-5-7-9-11-13-15-17-22-29(27-32)24-20-19-21-25(26(24)31(34)35)30(28-33)23-18-16-14-12-10-8-6-4-2/h19-21H,3-18,22-23H2,1-2H3. The highest BCUT2D eigenvalue weighted by molar-refractivity contribution is 5.77. The van der Waals surface area contributed by atoms with E-state index < -0.39 is 4.92 Å². The minimum absolute atomic E-state index is 0.106. The lowest BCUT2D eigenvalue weighted by Gasteiger charge is -2.20. The Morgan fingerprint density at radius 2 is 1.00 bits per heavy atom. The van der Waals surface area contributed by atoms with E-state index in [0.29, 0.717) is 13.1 Å². The van der Waals surface area contributed by atoms with Gasteiger partial charge in [-0.2, -0.15) is 0 Å². The molecular weight excluding hydrogens is 446 g/mol. The number of anilines is 2. The quantitative estimate of drug-likeness (QED) is 0.0654. The summed E-state index contributed by atoms with van der Waals surface area (Å²) in [5, 5.41) is 20.3. The van der Waals surface area contributed by atoms with Gasteiger partial charge in [0.15, 0.2) is 0 Å². The van der Waals surface area contributed by atoms with Crippen molar-refractivity contribution in [3.05, 3.63) is 38.1 Å². The van der Waals surface area contributed by atoms with Gasteiger partial charge in [0.2, 0.25) is 0 Å². The first-order valence-electron chi connectivity index (χ1n) is 13.6. The van der Waals surface area contributed by atoms with Crippen molar-refractivity contribution in [3.8, 4) is 0 Å². The van der Waals surface area contributed by atoms with Crippen LogP contribution in [0.4, 0.5) is 17.1 Å². The van der Waals surface area contributed by atoms with Crippen molar-refractivity contribution in [1.29, 1.82) is 0 Å². The molecule has 9 heteroatoms. The maximum atomic E-state index is 12.0. The zero-order chi connectivity index (χ0) is 25.7. The highest BCUT2D eigenvalue weighted by Gasteiger charge is 2.28. The summed E-state index contributed by atoms with van der Waals surface area (Å²) in [6, 6.07) is 4.62. The van der Waals surface area contributed by atoms with Gasteiger partial charge in [-0.25, -0.2) is 10.0 Å². The maximum absolute atomic E-state index is 12.0. The number of nitrogens with zero attached hydrogens (tertiary/aromatic N) is 5. The summed E-state index contributed by atoms with van der Waals surface area (Å²) in [7, 11) is 0. The predicted molar refractivity (Wildman–Crippen MR) is 145 cm³/mol. The van der Waals surface area contributed by atoms with E-state index in [1.165, 1.54) is 63.5 Å². The summed E-state index contributed by atoms with van der Waals surface area (Å²) in [6.45, 7) is 4.98. The normalized spacial score (nSPS) is 10.8. The average Bonchev–Trinajstić information content (AvgIpc) is 2.86. The lowest BCUT2D eigenvalue weighted by atomic mass is 10.1. The van der Waals surface area contributed by atoms with Crippen LogP contribution < -0.4 is 10.0 Å². The Labute approximate surface area is 210 Å². The van der Waals surface area contributed by atoms with Crippen molar-refractivity contribution in [3.63, 3.8) is 0 Å². The molecule has 0 aliphatic rings. The van der Waals surface area contributed by atoms with Gasteiger partial charge >= 0.3 is 5.69 Å². The van der Waals surface area contributed by atoms with Crippen LogP contribution in [0.1, 0.15) is 117 Å². The number of hydrogen-bond acceptors (Lipinski definition) is 6. The zero-order valence-corrected chi connectivity index (χ0v) is 21.8. The molecule has 0 heterocycles. The molecule has 9 nitrogen and oxygen atoms in total. The van der Waals surface area contributed by atoms with Crippen LogP contribution in [0.25, 0.3) is 0 Å². The molecule has 1 rings (SSSR count).